The lowest BCUT2D eigenvalue weighted by Gasteiger charge is -2.11. The van der Waals surface area contributed by atoms with Gasteiger partial charge < -0.3 is 10.1 Å². The van der Waals surface area contributed by atoms with E-state index in [-0.39, 0.29) is 21.2 Å². The van der Waals surface area contributed by atoms with Crippen LogP contribution in [0.5, 0.6) is 5.75 Å². The van der Waals surface area contributed by atoms with Crippen molar-refractivity contribution in [3.05, 3.63) is 82.9 Å². The summed E-state index contributed by atoms with van der Waals surface area (Å²) in [5.74, 6) is 0.186. The van der Waals surface area contributed by atoms with Crippen molar-refractivity contribution < 1.29 is 17.9 Å². The average molecular weight is 431 g/mol. The van der Waals surface area contributed by atoms with Crippen molar-refractivity contribution in [2.75, 3.05) is 17.1 Å². The van der Waals surface area contributed by atoms with E-state index in [1.807, 2.05) is 6.92 Å². The van der Waals surface area contributed by atoms with Gasteiger partial charge in [-0.15, -0.1) is 0 Å². The molecular weight excluding hydrogens is 412 g/mol. The maximum atomic E-state index is 12.5. The molecule has 1 amide bonds. The fourth-order valence-corrected chi connectivity index (χ4v) is 3.91. The number of anilines is 2. The second kappa shape index (κ2) is 8.55. The van der Waals surface area contributed by atoms with Crippen molar-refractivity contribution in [2.45, 2.75) is 11.8 Å². The van der Waals surface area contributed by atoms with Gasteiger partial charge >= 0.3 is 0 Å². The molecular formula is C21H19ClN2O4S. The predicted octanol–water partition coefficient (Wildman–Crippen LogP) is 4.71. The van der Waals surface area contributed by atoms with Gasteiger partial charge in [0.25, 0.3) is 15.9 Å². The molecule has 2 N–H and O–H groups in total. The number of benzene rings is 3. The van der Waals surface area contributed by atoms with Gasteiger partial charge in [-0.3, -0.25) is 9.52 Å². The van der Waals surface area contributed by atoms with Gasteiger partial charge in [-0.2, -0.15) is 0 Å². The van der Waals surface area contributed by atoms with Crippen molar-refractivity contribution in [3.63, 3.8) is 0 Å². The number of halogens is 1. The molecule has 29 heavy (non-hydrogen) atoms. The van der Waals surface area contributed by atoms with Gasteiger partial charge in [-0.25, -0.2) is 8.42 Å². The fourth-order valence-electron chi connectivity index (χ4n) is 2.59. The molecule has 150 valence electrons. The Balaban J connectivity index is 1.77. The monoisotopic (exact) mass is 430 g/mol. The molecule has 0 aliphatic rings. The molecule has 3 rings (SSSR count). The first-order chi connectivity index (χ1) is 13.8. The maximum absolute atomic E-state index is 12.5. The van der Waals surface area contributed by atoms with Gasteiger partial charge in [0.15, 0.2) is 0 Å². The van der Waals surface area contributed by atoms with Crippen molar-refractivity contribution in [3.8, 4) is 5.75 Å². The number of carbonyl (C=O) groups is 1. The second-order valence-corrected chi connectivity index (χ2v) is 8.39. The molecule has 0 spiro atoms. The number of ether oxygens (including phenoxy) is 1. The summed E-state index contributed by atoms with van der Waals surface area (Å²) in [5.41, 5.74) is 1.98. The molecule has 0 heterocycles. The Bertz CT molecular complexity index is 1150. The molecule has 0 aliphatic heterocycles. The van der Waals surface area contributed by atoms with Crippen LogP contribution in [0.3, 0.4) is 0 Å². The lowest BCUT2D eigenvalue weighted by molar-refractivity contribution is 0.102. The van der Waals surface area contributed by atoms with E-state index in [4.69, 9.17) is 16.3 Å². The zero-order valence-electron chi connectivity index (χ0n) is 15.8. The third kappa shape index (κ3) is 5.07. The standard InChI is InChI=1S/C21H19ClN2O4S/c1-14-6-9-18(10-7-14)29(26,27)24-16-8-11-19(20(22)13-16)21(25)23-15-4-3-5-17(12-15)28-2/h3-13,24H,1-2H3,(H,23,25). The minimum atomic E-state index is -3.76. The van der Waals surface area contributed by atoms with E-state index in [9.17, 15) is 13.2 Å². The van der Waals surface area contributed by atoms with Crippen molar-refractivity contribution in [2.24, 2.45) is 0 Å². The number of sulfonamides is 1. The summed E-state index contributed by atoms with van der Waals surface area (Å²) in [4.78, 5) is 12.6. The highest BCUT2D eigenvalue weighted by atomic mass is 35.5. The van der Waals surface area contributed by atoms with Gasteiger partial charge in [0, 0.05) is 11.8 Å². The van der Waals surface area contributed by atoms with Crippen LogP contribution in [0.2, 0.25) is 5.02 Å². The summed E-state index contributed by atoms with van der Waals surface area (Å²) < 4.78 is 32.6. The molecule has 0 unspecified atom stereocenters. The van der Waals surface area contributed by atoms with Crippen LogP contribution in [0.25, 0.3) is 0 Å². The topological polar surface area (TPSA) is 84.5 Å². The molecule has 0 aliphatic carbocycles. The zero-order chi connectivity index (χ0) is 21.0. The first kappa shape index (κ1) is 20.7. The molecule has 0 saturated heterocycles. The number of rotatable bonds is 6. The number of hydrogen-bond donors (Lipinski definition) is 2. The largest absolute Gasteiger partial charge is 0.497 e. The molecule has 6 nitrogen and oxygen atoms in total. The first-order valence-electron chi connectivity index (χ1n) is 8.63. The summed E-state index contributed by atoms with van der Waals surface area (Å²) in [6.07, 6.45) is 0. The Morgan fingerprint density at radius 1 is 0.966 bits per heavy atom. The van der Waals surface area contributed by atoms with Gasteiger partial charge in [-0.1, -0.05) is 35.4 Å². The van der Waals surface area contributed by atoms with Crippen LogP contribution in [-0.4, -0.2) is 21.4 Å². The molecule has 3 aromatic rings. The third-order valence-electron chi connectivity index (χ3n) is 4.12. The van der Waals surface area contributed by atoms with Gasteiger partial charge in [0.05, 0.1) is 28.3 Å². The summed E-state index contributed by atoms with van der Waals surface area (Å²) in [7, 11) is -2.22. The van der Waals surface area contributed by atoms with Gasteiger partial charge in [0.1, 0.15) is 5.75 Å². The second-order valence-electron chi connectivity index (χ2n) is 6.30. The Hall–Kier alpha value is -3.03. The number of aryl methyl sites for hydroxylation is 1. The predicted molar refractivity (Wildman–Crippen MR) is 114 cm³/mol. The normalized spacial score (nSPS) is 11.0. The molecule has 3 aromatic carbocycles. The Labute approximate surface area is 174 Å². The van der Waals surface area contributed by atoms with E-state index in [1.165, 1.54) is 37.4 Å². The third-order valence-corrected chi connectivity index (χ3v) is 5.83. The number of carbonyl (C=O) groups excluding carboxylic acids is 1. The summed E-state index contributed by atoms with van der Waals surface area (Å²) in [6, 6.07) is 17.7. The van der Waals surface area contributed by atoms with Crippen LogP contribution in [0, 0.1) is 6.92 Å². The maximum Gasteiger partial charge on any atom is 0.261 e. The fraction of sp³-hybridized carbons (Fsp3) is 0.0952. The van der Waals surface area contributed by atoms with Gasteiger partial charge in [0.2, 0.25) is 0 Å². The summed E-state index contributed by atoms with van der Waals surface area (Å²) >= 11 is 6.22. The first-order valence-corrected chi connectivity index (χ1v) is 10.5. The molecule has 0 atom stereocenters. The minimum absolute atomic E-state index is 0.120. The Morgan fingerprint density at radius 3 is 2.34 bits per heavy atom. The van der Waals surface area contributed by atoms with E-state index in [0.29, 0.717) is 11.4 Å². The Morgan fingerprint density at radius 2 is 1.69 bits per heavy atom. The lowest BCUT2D eigenvalue weighted by atomic mass is 10.2. The van der Waals surface area contributed by atoms with E-state index < -0.39 is 15.9 Å². The van der Waals surface area contributed by atoms with Crippen molar-refractivity contribution >= 4 is 38.9 Å². The molecule has 0 fully saturated rings. The lowest BCUT2D eigenvalue weighted by Crippen LogP contribution is -2.15. The van der Waals surface area contributed by atoms with Gasteiger partial charge in [-0.05, 0) is 49.4 Å². The highest BCUT2D eigenvalue weighted by Crippen LogP contribution is 2.25. The number of methoxy groups -OCH3 is 1. The highest BCUT2D eigenvalue weighted by Gasteiger charge is 2.16. The zero-order valence-corrected chi connectivity index (χ0v) is 17.3. The quantitative estimate of drug-likeness (QED) is 0.593. The molecule has 0 radical (unpaired) electrons. The highest BCUT2D eigenvalue weighted by molar-refractivity contribution is 7.92. The number of nitrogens with one attached hydrogen (secondary N) is 2. The van der Waals surface area contributed by atoms with Crippen LogP contribution >= 0.6 is 11.6 Å². The SMILES string of the molecule is COc1cccc(NC(=O)c2ccc(NS(=O)(=O)c3ccc(C)cc3)cc2Cl)c1. The van der Waals surface area contributed by atoms with Crippen molar-refractivity contribution in [1.29, 1.82) is 0 Å². The van der Waals surface area contributed by atoms with Crippen molar-refractivity contribution in [1.82, 2.24) is 0 Å². The molecule has 0 saturated carbocycles. The summed E-state index contributed by atoms with van der Waals surface area (Å²) in [6.45, 7) is 1.87. The van der Waals surface area contributed by atoms with Crippen LogP contribution in [0.15, 0.2) is 71.6 Å². The van der Waals surface area contributed by atoms with Crippen LogP contribution in [-0.2, 0) is 10.0 Å². The minimum Gasteiger partial charge on any atom is -0.497 e. The van der Waals surface area contributed by atoms with Crippen LogP contribution < -0.4 is 14.8 Å². The van der Waals surface area contributed by atoms with Crippen LogP contribution in [0.1, 0.15) is 15.9 Å². The van der Waals surface area contributed by atoms with E-state index in [0.717, 1.165) is 5.56 Å². The summed E-state index contributed by atoms with van der Waals surface area (Å²) in [5, 5.41) is 2.85. The Kier molecular flexibility index (Phi) is 6.10. The molecule has 8 heteroatoms. The van der Waals surface area contributed by atoms with E-state index in [1.54, 1.807) is 36.4 Å². The van der Waals surface area contributed by atoms with E-state index >= 15 is 0 Å². The van der Waals surface area contributed by atoms with E-state index in [2.05, 4.69) is 10.0 Å². The number of amides is 1. The average Bonchev–Trinajstić information content (AvgIpc) is 2.68. The molecule has 0 aromatic heterocycles. The number of hydrogen-bond acceptors (Lipinski definition) is 4. The smallest absolute Gasteiger partial charge is 0.261 e. The van der Waals surface area contributed by atoms with Crippen LogP contribution in [0.4, 0.5) is 11.4 Å². The molecule has 0 bridgehead atoms.